The smallest absolute Gasteiger partial charge is 0.163 e. The molecule has 0 amide bonds. The fourth-order valence-electron chi connectivity index (χ4n) is 3.16. The van der Waals surface area contributed by atoms with Crippen LogP contribution in [0.5, 0.6) is 0 Å². The predicted octanol–water partition coefficient (Wildman–Crippen LogP) is 2.22. The molecule has 1 N–H and O–H groups in total. The van der Waals surface area contributed by atoms with Crippen LogP contribution in [0.25, 0.3) is 11.0 Å². The average molecular weight is 315 g/mol. The molecule has 1 aliphatic heterocycles. The van der Waals surface area contributed by atoms with Crippen molar-refractivity contribution in [3.8, 4) is 0 Å². The molecule has 1 atom stereocenters. The first-order valence-electron chi connectivity index (χ1n) is 7.46. The number of rotatable bonds is 4. The fraction of sp³-hybridized carbons (Fsp3) is 0.400. The van der Waals surface area contributed by atoms with Crippen LogP contribution in [0.3, 0.4) is 0 Å². The number of aliphatic hydroxyl groups excluding tert-OH is 1. The fourth-order valence-corrected chi connectivity index (χ4v) is 4.04. The zero-order chi connectivity index (χ0) is 14.9. The third-order valence-electron chi connectivity index (χ3n) is 4.12. The van der Waals surface area contributed by atoms with Crippen molar-refractivity contribution in [1.82, 2.24) is 19.7 Å². The number of fused-ring (bicyclic) bond motifs is 1. The highest BCUT2D eigenvalue weighted by Crippen LogP contribution is 2.39. The third-order valence-corrected chi connectivity index (χ3v) is 5.09. The van der Waals surface area contributed by atoms with E-state index in [1.165, 1.54) is 11.3 Å². The Kier molecular flexibility index (Phi) is 3.51. The van der Waals surface area contributed by atoms with E-state index >= 15 is 0 Å². The highest BCUT2D eigenvalue weighted by atomic mass is 32.1. The molecule has 1 aliphatic rings. The second-order valence-electron chi connectivity index (χ2n) is 5.39. The molecular weight excluding hydrogens is 298 g/mol. The molecule has 0 spiro atoms. The molecule has 22 heavy (non-hydrogen) atoms. The van der Waals surface area contributed by atoms with Gasteiger partial charge in [0.15, 0.2) is 5.65 Å². The highest BCUT2D eigenvalue weighted by Gasteiger charge is 2.29. The average Bonchev–Trinajstić information content (AvgIpc) is 3.27. The van der Waals surface area contributed by atoms with Gasteiger partial charge in [-0.15, -0.1) is 11.3 Å². The maximum absolute atomic E-state index is 9.13. The summed E-state index contributed by atoms with van der Waals surface area (Å²) in [5, 5.41) is 16.6. The van der Waals surface area contributed by atoms with E-state index in [9.17, 15) is 0 Å². The standard InChI is InChI=1S/C15H17N5OS/c21-7-6-20-15-11(9-18-20)14(16-10-17-15)19-5-1-3-12(19)13-4-2-8-22-13/h2,4,8-10,12,21H,1,3,5-7H2. The number of aliphatic hydroxyl groups is 1. The van der Waals surface area contributed by atoms with Gasteiger partial charge in [-0.25, -0.2) is 14.6 Å². The second kappa shape index (κ2) is 5.66. The molecule has 7 heteroatoms. The quantitative estimate of drug-likeness (QED) is 0.799. The number of nitrogens with zero attached hydrogens (tertiary/aromatic N) is 5. The molecule has 0 saturated carbocycles. The molecule has 1 saturated heterocycles. The van der Waals surface area contributed by atoms with Crippen LogP contribution in [0.1, 0.15) is 23.8 Å². The van der Waals surface area contributed by atoms with Crippen LogP contribution in [0, 0.1) is 0 Å². The van der Waals surface area contributed by atoms with E-state index in [1.54, 1.807) is 22.3 Å². The summed E-state index contributed by atoms with van der Waals surface area (Å²) in [6, 6.07) is 4.69. The van der Waals surface area contributed by atoms with Gasteiger partial charge in [0.05, 0.1) is 30.8 Å². The molecule has 3 aromatic rings. The predicted molar refractivity (Wildman–Crippen MR) is 86.0 cm³/mol. The molecular formula is C15H17N5OS. The number of aromatic nitrogens is 4. The van der Waals surface area contributed by atoms with E-state index in [1.807, 2.05) is 6.20 Å². The van der Waals surface area contributed by atoms with Crippen LogP contribution in [0.2, 0.25) is 0 Å². The Bertz CT molecular complexity index is 769. The lowest BCUT2D eigenvalue weighted by molar-refractivity contribution is 0.271. The highest BCUT2D eigenvalue weighted by molar-refractivity contribution is 7.10. The minimum Gasteiger partial charge on any atom is -0.394 e. The van der Waals surface area contributed by atoms with Crippen LogP contribution in [-0.4, -0.2) is 38.0 Å². The molecule has 4 rings (SSSR count). The van der Waals surface area contributed by atoms with Gasteiger partial charge in [-0.1, -0.05) is 6.07 Å². The van der Waals surface area contributed by atoms with Crippen LogP contribution < -0.4 is 4.90 Å². The van der Waals surface area contributed by atoms with Crippen molar-refractivity contribution in [2.75, 3.05) is 18.1 Å². The largest absolute Gasteiger partial charge is 0.394 e. The third kappa shape index (κ3) is 2.17. The maximum atomic E-state index is 9.13. The summed E-state index contributed by atoms with van der Waals surface area (Å²) in [6.45, 7) is 1.51. The summed E-state index contributed by atoms with van der Waals surface area (Å²) in [4.78, 5) is 12.6. The van der Waals surface area contributed by atoms with Crippen molar-refractivity contribution < 1.29 is 5.11 Å². The summed E-state index contributed by atoms with van der Waals surface area (Å²) in [5.41, 5.74) is 0.788. The van der Waals surface area contributed by atoms with Crippen molar-refractivity contribution in [2.24, 2.45) is 0 Å². The minimum absolute atomic E-state index is 0.0532. The molecule has 6 nitrogen and oxygen atoms in total. The van der Waals surface area contributed by atoms with Gasteiger partial charge in [0, 0.05) is 11.4 Å². The van der Waals surface area contributed by atoms with Gasteiger partial charge < -0.3 is 10.0 Å². The van der Waals surface area contributed by atoms with Crippen molar-refractivity contribution in [3.05, 3.63) is 34.9 Å². The lowest BCUT2D eigenvalue weighted by Crippen LogP contribution is -2.23. The first kappa shape index (κ1) is 13.7. The summed E-state index contributed by atoms with van der Waals surface area (Å²) in [7, 11) is 0. The van der Waals surface area contributed by atoms with Crippen molar-refractivity contribution in [2.45, 2.75) is 25.4 Å². The summed E-state index contributed by atoms with van der Waals surface area (Å²) in [6.07, 6.45) is 5.72. The van der Waals surface area contributed by atoms with Gasteiger partial charge in [0.2, 0.25) is 0 Å². The van der Waals surface area contributed by atoms with Gasteiger partial charge in [-0.05, 0) is 24.3 Å². The lowest BCUT2D eigenvalue weighted by atomic mass is 10.2. The molecule has 0 aromatic carbocycles. The SMILES string of the molecule is OCCn1ncc2c(N3CCCC3c3cccs3)ncnc21. The van der Waals surface area contributed by atoms with Crippen molar-refractivity contribution in [3.63, 3.8) is 0 Å². The normalized spacial score (nSPS) is 18.4. The summed E-state index contributed by atoms with van der Waals surface area (Å²) >= 11 is 1.80. The van der Waals surface area contributed by atoms with Crippen molar-refractivity contribution >= 4 is 28.2 Å². The number of hydrogen-bond donors (Lipinski definition) is 1. The zero-order valence-electron chi connectivity index (χ0n) is 12.1. The molecule has 0 bridgehead atoms. The molecule has 0 radical (unpaired) electrons. The lowest BCUT2D eigenvalue weighted by Gasteiger charge is -2.25. The van der Waals surface area contributed by atoms with Gasteiger partial charge in [0.25, 0.3) is 0 Å². The molecule has 3 aromatic heterocycles. The van der Waals surface area contributed by atoms with E-state index in [-0.39, 0.29) is 6.61 Å². The van der Waals surface area contributed by atoms with Crippen LogP contribution in [0.15, 0.2) is 30.0 Å². The number of anilines is 1. The Labute approximate surface area is 132 Å². The summed E-state index contributed by atoms with van der Waals surface area (Å²) in [5.74, 6) is 0.949. The van der Waals surface area contributed by atoms with Gasteiger partial charge >= 0.3 is 0 Å². The molecule has 1 fully saturated rings. The summed E-state index contributed by atoms with van der Waals surface area (Å²) < 4.78 is 1.73. The van der Waals surface area contributed by atoms with Gasteiger partial charge in [-0.3, -0.25) is 0 Å². The van der Waals surface area contributed by atoms with E-state index in [0.29, 0.717) is 12.6 Å². The Morgan fingerprint density at radius 1 is 1.36 bits per heavy atom. The van der Waals surface area contributed by atoms with Gasteiger partial charge in [-0.2, -0.15) is 5.10 Å². The Morgan fingerprint density at radius 3 is 3.14 bits per heavy atom. The Morgan fingerprint density at radius 2 is 2.32 bits per heavy atom. The van der Waals surface area contributed by atoms with Crippen LogP contribution in [-0.2, 0) is 6.54 Å². The maximum Gasteiger partial charge on any atom is 0.163 e. The molecule has 114 valence electrons. The monoisotopic (exact) mass is 315 g/mol. The van der Waals surface area contributed by atoms with Crippen LogP contribution >= 0.6 is 11.3 Å². The topological polar surface area (TPSA) is 67.1 Å². The Balaban J connectivity index is 1.77. The van der Waals surface area contributed by atoms with E-state index < -0.39 is 0 Å². The van der Waals surface area contributed by atoms with E-state index in [0.717, 1.165) is 29.8 Å². The first-order chi connectivity index (χ1) is 10.9. The molecule has 1 unspecified atom stereocenters. The van der Waals surface area contributed by atoms with Crippen molar-refractivity contribution in [1.29, 1.82) is 0 Å². The second-order valence-corrected chi connectivity index (χ2v) is 6.37. The Hall–Kier alpha value is -1.99. The zero-order valence-corrected chi connectivity index (χ0v) is 12.9. The van der Waals surface area contributed by atoms with E-state index in [4.69, 9.17) is 5.11 Å². The van der Waals surface area contributed by atoms with Crippen LogP contribution in [0.4, 0.5) is 5.82 Å². The van der Waals surface area contributed by atoms with Gasteiger partial charge in [0.1, 0.15) is 12.1 Å². The minimum atomic E-state index is 0.0532. The molecule has 0 aliphatic carbocycles. The molecule has 4 heterocycles. The number of thiophene rings is 1. The number of hydrogen-bond acceptors (Lipinski definition) is 6. The first-order valence-corrected chi connectivity index (χ1v) is 8.34. The van der Waals surface area contributed by atoms with E-state index in [2.05, 4.69) is 37.5 Å².